The molecule has 4 heterocycles. The van der Waals surface area contributed by atoms with Crippen LogP contribution in [0.2, 0.25) is 0 Å². The van der Waals surface area contributed by atoms with Crippen LogP contribution < -0.4 is 19.9 Å². The third-order valence-electron chi connectivity index (χ3n) is 7.16. The summed E-state index contributed by atoms with van der Waals surface area (Å²) in [5.41, 5.74) is 0.894. The Hall–Kier alpha value is -2.46. The monoisotopic (exact) mass is 483 g/mol. The highest BCUT2D eigenvalue weighted by Crippen LogP contribution is 2.33. The van der Waals surface area contributed by atoms with Crippen LogP contribution in [-0.2, 0) is 9.47 Å². The van der Waals surface area contributed by atoms with E-state index in [1.165, 1.54) is 0 Å². The minimum atomic E-state index is -0.570. The van der Waals surface area contributed by atoms with E-state index in [4.69, 9.17) is 24.2 Å². The topological polar surface area (TPSA) is 92.2 Å². The molecule has 190 valence electrons. The summed E-state index contributed by atoms with van der Waals surface area (Å²) in [6.07, 6.45) is 2.84. The zero-order valence-corrected chi connectivity index (χ0v) is 20.7. The molecule has 9 heteroatoms. The quantitative estimate of drug-likeness (QED) is 0.555. The average Bonchev–Trinajstić information content (AvgIpc) is 3.24. The highest BCUT2D eigenvalue weighted by molar-refractivity contribution is 5.64. The van der Waals surface area contributed by atoms with Gasteiger partial charge in [0.2, 0.25) is 0 Å². The first-order valence-electron chi connectivity index (χ1n) is 12.7. The van der Waals surface area contributed by atoms with Gasteiger partial charge in [-0.2, -0.15) is 0 Å². The van der Waals surface area contributed by atoms with Gasteiger partial charge in [-0.1, -0.05) is 12.1 Å². The van der Waals surface area contributed by atoms with Crippen LogP contribution in [0, 0.1) is 5.92 Å². The molecule has 5 rings (SSSR count). The number of ether oxygens (including phenoxy) is 3. The molecule has 3 saturated heterocycles. The van der Waals surface area contributed by atoms with Crippen molar-refractivity contribution in [3.8, 4) is 17.1 Å². The molecule has 3 atom stereocenters. The summed E-state index contributed by atoms with van der Waals surface area (Å²) in [5, 5.41) is 13.0. The maximum absolute atomic E-state index is 10.0. The summed E-state index contributed by atoms with van der Waals surface area (Å²) in [6, 6.07) is 10.3. The maximum Gasteiger partial charge on any atom is 0.163 e. The van der Waals surface area contributed by atoms with E-state index in [1.54, 1.807) is 0 Å². The number of hydrogen-bond acceptors (Lipinski definition) is 9. The normalized spacial score (nSPS) is 23.3. The molecule has 0 aliphatic carbocycles. The van der Waals surface area contributed by atoms with Gasteiger partial charge in [-0.25, -0.2) is 9.97 Å². The zero-order valence-electron chi connectivity index (χ0n) is 20.7. The molecule has 2 N–H and O–H groups in total. The second-order valence-electron chi connectivity index (χ2n) is 9.87. The van der Waals surface area contributed by atoms with Gasteiger partial charge in [-0.05, 0) is 38.4 Å². The Bertz CT molecular complexity index is 974. The van der Waals surface area contributed by atoms with Crippen molar-refractivity contribution in [1.29, 1.82) is 0 Å². The number of nitrogens with zero attached hydrogens (tertiary/aromatic N) is 4. The maximum atomic E-state index is 10.0. The number of rotatable bonds is 9. The Labute approximate surface area is 207 Å². The summed E-state index contributed by atoms with van der Waals surface area (Å²) >= 11 is 0. The molecule has 2 bridgehead atoms. The number of aromatic nitrogens is 2. The Morgan fingerprint density at radius 3 is 2.89 bits per heavy atom. The van der Waals surface area contributed by atoms with Crippen LogP contribution in [0.4, 0.5) is 11.6 Å². The molecule has 3 aliphatic heterocycles. The standard InChI is InChI=1S/C26H37N5O4/c1-27-13-21(32)17-35-22-5-3-4-19(11-22)26-28-24(30(2)20-6-8-33-9-7-20)12-25(29-26)31-14-18-10-23(15-31)34-16-18/h3-5,11-12,18,20-21,23,27,32H,6-10,13-17H2,1-2H3. The Morgan fingerprint density at radius 2 is 2.09 bits per heavy atom. The van der Waals surface area contributed by atoms with Crippen molar-refractivity contribution in [2.75, 3.05) is 70.0 Å². The number of likely N-dealkylation sites (N-methyl/N-ethyl adjacent to an activating group) is 1. The molecule has 0 saturated carbocycles. The van der Waals surface area contributed by atoms with Gasteiger partial charge in [0.05, 0.1) is 12.7 Å². The lowest BCUT2D eigenvalue weighted by Gasteiger charge is -2.34. The van der Waals surface area contributed by atoms with Crippen LogP contribution in [0.1, 0.15) is 19.3 Å². The number of nitrogens with one attached hydrogen (secondary N) is 1. The summed E-state index contributed by atoms with van der Waals surface area (Å²) in [7, 11) is 3.93. The van der Waals surface area contributed by atoms with E-state index in [-0.39, 0.29) is 12.7 Å². The molecule has 35 heavy (non-hydrogen) atoms. The van der Waals surface area contributed by atoms with Crippen molar-refractivity contribution in [1.82, 2.24) is 15.3 Å². The summed E-state index contributed by atoms with van der Waals surface area (Å²) in [5.74, 6) is 3.79. The Balaban J connectivity index is 1.43. The molecule has 9 nitrogen and oxygen atoms in total. The highest BCUT2D eigenvalue weighted by Gasteiger charge is 2.35. The third-order valence-corrected chi connectivity index (χ3v) is 7.16. The molecule has 0 amide bonds. The van der Waals surface area contributed by atoms with Crippen molar-refractivity contribution in [3.05, 3.63) is 30.3 Å². The van der Waals surface area contributed by atoms with Gasteiger partial charge in [0, 0.05) is 63.5 Å². The second kappa shape index (κ2) is 11.1. The number of hydrogen-bond donors (Lipinski definition) is 2. The van der Waals surface area contributed by atoms with Crippen molar-refractivity contribution >= 4 is 11.6 Å². The first-order chi connectivity index (χ1) is 17.1. The van der Waals surface area contributed by atoms with E-state index in [0.29, 0.717) is 30.1 Å². The Morgan fingerprint density at radius 1 is 1.23 bits per heavy atom. The molecule has 1 aromatic heterocycles. The molecule has 0 radical (unpaired) electrons. The van der Waals surface area contributed by atoms with E-state index in [0.717, 1.165) is 69.4 Å². The number of benzene rings is 1. The van der Waals surface area contributed by atoms with Crippen LogP contribution in [-0.4, -0.2) is 93.5 Å². The van der Waals surface area contributed by atoms with Gasteiger partial charge in [0.25, 0.3) is 0 Å². The molecule has 3 fully saturated rings. The van der Waals surface area contributed by atoms with Crippen molar-refractivity contribution < 1.29 is 19.3 Å². The summed E-state index contributed by atoms with van der Waals surface area (Å²) in [6.45, 7) is 4.93. The van der Waals surface area contributed by atoms with Crippen LogP contribution >= 0.6 is 0 Å². The number of aliphatic hydroxyl groups excluding tert-OH is 1. The smallest absolute Gasteiger partial charge is 0.163 e. The molecule has 0 spiro atoms. The number of aliphatic hydroxyl groups is 1. The lowest BCUT2D eigenvalue weighted by molar-refractivity contribution is 0.0853. The molecule has 2 aromatic rings. The van der Waals surface area contributed by atoms with Gasteiger partial charge in [-0.3, -0.25) is 0 Å². The van der Waals surface area contributed by atoms with E-state index < -0.39 is 6.10 Å². The summed E-state index contributed by atoms with van der Waals surface area (Å²) < 4.78 is 17.4. The highest BCUT2D eigenvalue weighted by atomic mass is 16.5. The number of piperidine rings is 1. The van der Waals surface area contributed by atoms with Crippen LogP contribution in [0.3, 0.4) is 0 Å². The fourth-order valence-electron chi connectivity index (χ4n) is 5.22. The largest absolute Gasteiger partial charge is 0.491 e. The van der Waals surface area contributed by atoms with Crippen molar-refractivity contribution in [2.24, 2.45) is 5.92 Å². The molecular weight excluding hydrogens is 446 g/mol. The lowest BCUT2D eigenvalue weighted by Crippen LogP contribution is -2.40. The number of anilines is 2. The van der Waals surface area contributed by atoms with E-state index in [1.807, 2.05) is 31.3 Å². The van der Waals surface area contributed by atoms with Crippen molar-refractivity contribution in [3.63, 3.8) is 0 Å². The molecule has 1 aromatic carbocycles. The van der Waals surface area contributed by atoms with E-state index in [2.05, 4.69) is 28.2 Å². The fraction of sp³-hybridized carbons (Fsp3) is 0.615. The third kappa shape index (κ3) is 5.86. The van der Waals surface area contributed by atoms with Gasteiger partial charge in [0.15, 0.2) is 5.82 Å². The average molecular weight is 484 g/mol. The number of fused-ring (bicyclic) bond motifs is 2. The first-order valence-corrected chi connectivity index (χ1v) is 12.7. The van der Waals surface area contributed by atoms with Gasteiger partial charge >= 0.3 is 0 Å². The molecular formula is C26H37N5O4. The van der Waals surface area contributed by atoms with Crippen LogP contribution in [0.15, 0.2) is 30.3 Å². The fourth-order valence-corrected chi connectivity index (χ4v) is 5.22. The molecule has 3 aliphatic rings. The predicted molar refractivity (Wildman–Crippen MR) is 135 cm³/mol. The van der Waals surface area contributed by atoms with Crippen LogP contribution in [0.5, 0.6) is 5.75 Å². The SMILES string of the molecule is CNCC(O)COc1cccc(-c2nc(N3CC4COC(C4)C3)cc(N(C)C3CCOCC3)n2)c1. The molecule has 3 unspecified atom stereocenters. The van der Waals surface area contributed by atoms with E-state index >= 15 is 0 Å². The van der Waals surface area contributed by atoms with Gasteiger partial charge in [0.1, 0.15) is 30.1 Å². The van der Waals surface area contributed by atoms with Gasteiger partial charge in [-0.15, -0.1) is 0 Å². The minimum Gasteiger partial charge on any atom is -0.491 e. The van der Waals surface area contributed by atoms with E-state index in [9.17, 15) is 5.11 Å². The van der Waals surface area contributed by atoms with Crippen molar-refractivity contribution in [2.45, 2.75) is 37.5 Å². The minimum absolute atomic E-state index is 0.222. The predicted octanol–water partition coefficient (Wildman–Crippen LogP) is 1.94. The summed E-state index contributed by atoms with van der Waals surface area (Å²) in [4.78, 5) is 14.6. The Kier molecular flexibility index (Phi) is 7.67. The second-order valence-corrected chi connectivity index (χ2v) is 9.87. The van der Waals surface area contributed by atoms with Crippen LogP contribution in [0.25, 0.3) is 11.4 Å². The zero-order chi connectivity index (χ0) is 24.2. The lowest BCUT2D eigenvalue weighted by atomic mass is 10.0. The van der Waals surface area contributed by atoms with Gasteiger partial charge < -0.3 is 34.4 Å². The first kappa shape index (κ1) is 24.2.